The van der Waals surface area contributed by atoms with Gasteiger partial charge in [0.25, 0.3) is 0 Å². The van der Waals surface area contributed by atoms with Crippen molar-refractivity contribution < 1.29 is 0 Å². The Hall–Kier alpha value is -0.710. The van der Waals surface area contributed by atoms with E-state index in [1.54, 1.807) is 0 Å². The first-order valence-corrected chi connectivity index (χ1v) is 5.62. The highest BCUT2D eigenvalue weighted by Crippen LogP contribution is 2.23. The van der Waals surface area contributed by atoms with Crippen LogP contribution in [0.3, 0.4) is 0 Å². The minimum absolute atomic E-state index is 0. The van der Waals surface area contributed by atoms with Crippen LogP contribution in [0.4, 0.5) is 0 Å². The normalized spacial score (nSPS) is 16.8. The van der Waals surface area contributed by atoms with Gasteiger partial charge in [-0.25, -0.2) is 9.97 Å². The van der Waals surface area contributed by atoms with E-state index in [0.717, 1.165) is 25.3 Å². The lowest BCUT2D eigenvalue weighted by atomic mass is 9.92. The minimum atomic E-state index is 0. The maximum atomic E-state index is 5.45. The molecule has 0 amide bonds. The van der Waals surface area contributed by atoms with Crippen LogP contribution in [0.5, 0.6) is 0 Å². The zero-order valence-corrected chi connectivity index (χ0v) is 10.2. The molecule has 0 unspecified atom stereocenters. The van der Waals surface area contributed by atoms with E-state index in [2.05, 4.69) is 15.3 Å². The van der Waals surface area contributed by atoms with Crippen LogP contribution >= 0.6 is 12.4 Å². The predicted octanol–water partition coefficient (Wildman–Crippen LogP) is 0.867. The van der Waals surface area contributed by atoms with E-state index < -0.39 is 0 Å². The topological polar surface area (TPSA) is 63.8 Å². The van der Waals surface area contributed by atoms with Crippen LogP contribution in [0.25, 0.3) is 0 Å². The standard InChI is InChI=1S/C11H18N4.ClH/c12-4-1-11-14-7-10(8-15-11)9-2-5-13-6-3-9;/h7-9,13H,1-6,12H2;1H. The Balaban J connectivity index is 0.00000128. The SMILES string of the molecule is Cl.NCCc1ncc(C2CCNCC2)cn1. The van der Waals surface area contributed by atoms with Crippen LogP contribution in [-0.4, -0.2) is 29.6 Å². The largest absolute Gasteiger partial charge is 0.330 e. The molecule has 5 heteroatoms. The number of piperidine rings is 1. The van der Waals surface area contributed by atoms with Gasteiger partial charge in [0, 0.05) is 18.8 Å². The number of nitrogens with zero attached hydrogens (tertiary/aromatic N) is 2. The van der Waals surface area contributed by atoms with E-state index >= 15 is 0 Å². The third-order valence-corrected chi connectivity index (χ3v) is 2.90. The summed E-state index contributed by atoms with van der Waals surface area (Å²) in [5.41, 5.74) is 6.73. The molecule has 1 aliphatic heterocycles. The summed E-state index contributed by atoms with van der Waals surface area (Å²) in [5.74, 6) is 1.49. The highest BCUT2D eigenvalue weighted by Gasteiger charge is 2.15. The number of hydrogen-bond acceptors (Lipinski definition) is 4. The number of rotatable bonds is 3. The summed E-state index contributed by atoms with van der Waals surface area (Å²) in [6.45, 7) is 2.83. The van der Waals surface area contributed by atoms with Crippen LogP contribution in [0.1, 0.15) is 30.1 Å². The zero-order valence-electron chi connectivity index (χ0n) is 9.35. The van der Waals surface area contributed by atoms with Gasteiger partial charge in [0.1, 0.15) is 5.82 Å². The van der Waals surface area contributed by atoms with Gasteiger partial charge >= 0.3 is 0 Å². The Bertz CT molecular complexity index is 295. The molecule has 2 heterocycles. The molecule has 1 aromatic rings. The summed E-state index contributed by atoms with van der Waals surface area (Å²) in [5, 5.41) is 3.36. The van der Waals surface area contributed by atoms with Crippen molar-refractivity contribution in [1.82, 2.24) is 15.3 Å². The lowest BCUT2D eigenvalue weighted by Crippen LogP contribution is -2.26. The Morgan fingerprint density at radius 3 is 2.44 bits per heavy atom. The molecule has 16 heavy (non-hydrogen) atoms. The summed E-state index contributed by atoms with van der Waals surface area (Å²) in [7, 11) is 0. The van der Waals surface area contributed by atoms with E-state index in [9.17, 15) is 0 Å². The highest BCUT2D eigenvalue weighted by molar-refractivity contribution is 5.85. The number of aromatic nitrogens is 2. The second-order valence-electron chi connectivity index (χ2n) is 4.00. The van der Waals surface area contributed by atoms with Gasteiger partial charge in [0.2, 0.25) is 0 Å². The Morgan fingerprint density at radius 1 is 1.25 bits per heavy atom. The summed E-state index contributed by atoms with van der Waals surface area (Å²) in [6, 6.07) is 0. The molecule has 2 rings (SSSR count). The Kier molecular flexibility index (Phi) is 5.66. The number of halogens is 1. The first-order chi connectivity index (χ1) is 7.40. The second kappa shape index (κ2) is 6.78. The van der Waals surface area contributed by atoms with E-state index in [1.165, 1.54) is 18.4 Å². The van der Waals surface area contributed by atoms with E-state index in [1.807, 2.05) is 12.4 Å². The molecule has 1 aromatic heterocycles. The fourth-order valence-electron chi connectivity index (χ4n) is 1.99. The van der Waals surface area contributed by atoms with Crippen LogP contribution in [0.2, 0.25) is 0 Å². The minimum Gasteiger partial charge on any atom is -0.330 e. The second-order valence-corrected chi connectivity index (χ2v) is 4.00. The monoisotopic (exact) mass is 242 g/mol. The molecule has 90 valence electrons. The van der Waals surface area contributed by atoms with Crippen LogP contribution in [-0.2, 0) is 6.42 Å². The molecule has 0 saturated carbocycles. The van der Waals surface area contributed by atoms with Crippen molar-refractivity contribution in [2.45, 2.75) is 25.2 Å². The number of nitrogens with one attached hydrogen (secondary N) is 1. The first kappa shape index (κ1) is 13.4. The smallest absolute Gasteiger partial charge is 0.129 e. The molecular weight excluding hydrogens is 224 g/mol. The van der Waals surface area contributed by atoms with E-state index in [0.29, 0.717) is 12.5 Å². The summed E-state index contributed by atoms with van der Waals surface area (Å²) in [4.78, 5) is 8.66. The van der Waals surface area contributed by atoms with E-state index in [4.69, 9.17) is 5.73 Å². The van der Waals surface area contributed by atoms with Crippen molar-refractivity contribution in [3.05, 3.63) is 23.8 Å². The number of hydrogen-bond donors (Lipinski definition) is 2. The molecule has 0 aromatic carbocycles. The molecule has 1 saturated heterocycles. The van der Waals surface area contributed by atoms with Crippen LogP contribution < -0.4 is 11.1 Å². The zero-order chi connectivity index (χ0) is 10.5. The summed E-state index contributed by atoms with van der Waals surface area (Å²) < 4.78 is 0. The van der Waals surface area contributed by atoms with Crippen LogP contribution in [0.15, 0.2) is 12.4 Å². The van der Waals surface area contributed by atoms with Crippen molar-refractivity contribution in [2.75, 3.05) is 19.6 Å². The van der Waals surface area contributed by atoms with E-state index in [-0.39, 0.29) is 12.4 Å². The molecule has 3 N–H and O–H groups in total. The van der Waals surface area contributed by atoms with Crippen molar-refractivity contribution in [3.63, 3.8) is 0 Å². The average Bonchev–Trinajstić information content (AvgIpc) is 2.32. The van der Waals surface area contributed by atoms with Gasteiger partial charge in [-0.1, -0.05) is 0 Å². The summed E-state index contributed by atoms with van der Waals surface area (Å²) >= 11 is 0. The lowest BCUT2D eigenvalue weighted by molar-refractivity contribution is 0.458. The Morgan fingerprint density at radius 2 is 1.88 bits per heavy atom. The van der Waals surface area contributed by atoms with Gasteiger partial charge in [-0.15, -0.1) is 12.4 Å². The quantitative estimate of drug-likeness (QED) is 0.826. The van der Waals surface area contributed by atoms with Gasteiger partial charge in [-0.05, 0) is 44.0 Å². The Labute approximate surface area is 102 Å². The molecule has 0 bridgehead atoms. The number of nitrogens with two attached hydrogens (primary N) is 1. The molecule has 1 fully saturated rings. The van der Waals surface area contributed by atoms with Crippen LogP contribution in [0, 0.1) is 0 Å². The molecule has 0 atom stereocenters. The molecular formula is C11H19ClN4. The van der Waals surface area contributed by atoms with Crippen molar-refractivity contribution in [1.29, 1.82) is 0 Å². The summed E-state index contributed by atoms with van der Waals surface area (Å²) in [6.07, 6.45) is 7.09. The fourth-order valence-corrected chi connectivity index (χ4v) is 1.99. The van der Waals surface area contributed by atoms with Gasteiger partial charge < -0.3 is 11.1 Å². The predicted molar refractivity (Wildman–Crippen MR) is 66.9 cm³/mol. The van der Waals surface area contributed by atoms with Gasteiger partial charge in [0.15, 0.2) is 0 Å². The third-order valence-electron chi connectivity index (χ3n) is 2.90. The molecule has 0 aliphatic carbocycles. The van der Waals surface area contributed by atoms with Crippen molar-refractivity contribution in [2.24, 2.45) is 5.73 Å². The van der Waals surface area contributed by atoms with Gasteiger partial charge in [0.05, 0.1) is 0 Å². The van der Waals surface area contributed by atoms with Gasteiger partial charge in [-0.2, -0.15) is 0 Å². The highest BCUT2D eigenvalue weighted by atomic mass is 35.5. The first-order valence-electron chi connectivity index (χ1n) is 5.62. The molecule has 4 nitrogen and oxygen atoms in total. The third kappa shape index (κ3) is 3.40. The maximum Gasteiger partial charge on any atom is 0.129 e. The average molecular weight is 243 g/mol. The van der Waals surface area contributed by atoms with Crippen molar-refractivity contribution in [3.8, 4) is 0 Å². The molecule has 1 aliphatic rings. The maximum absolute atomic E-state index is 5.45. The molecule has 0 spiro atoms. The fraction of sp³-hybridized carbons (Fsp3) is 0.636. The van der Waals surface area contributed by atoms with Crippen molar-refractivity contribution >= 4 is 12.4 Å². The lowest BCUT2D eigenvalue weighted by Gasteiger charge is -2.22. The molecule has 0 radical (unpaired) electrons. The van der Waals surface area contributed by atoms with Gasteiger partial charge in [-0.3, -0.25) is 0 Å².